The lowest BCUT2D eigenvalue weighted by atomic mass is 10.1. The minimum atomic E-state index is 0.361. The molecule has 0 unspecified atom stereocenters. The van der Waals surface area contributed by atoms with E-state index in [0.717, 1.165) is 6.54 Å². The Morgan fingerprint density at radius 1 is 1.28 bits per heavy atom. The van der Waals surface area contributed by atoms with Crippen molar-refractivity contribution in [1.29, 1.82) is 0 Å². The van der Waals surface area contributed by atoms with Gasteiger partial charge < -0.3 is 5.32 Å². The second kappa shape index (κ2) is 4.48. The molecule has 1 heterocycles. The third-order valence-corrected chi connectivity index (χ3v) is 5.05. The fourth-order valence-corrected chi connectivity index (χ4v) is 3.40. The van der Waals surface area contributed by atoms with E-state index in [1.54, 1.807) is 0 Å². The Balaban J connectivity index is 2.04. The van der Waals surface area contributed by atoms with E-state index in [4.69, 9.17) is 4.98 Å². The molecule has 0 radical (unpaired) electrons. The molecule has 1 aliphatic rings. The van der Waals surface area contributed by atoms with Gasteiger partial charge in [0.15, 0.2) is 0 Å². The zero-order chi connectivity index (χ0) is 12.6. The maximum atomic E-state index is 4.87. The molecule has 94 valence electrons. The monoisotopic (exact) mass is 258 g/mol. The van der Waals surface area contributed by atoms with Crippen molar-refractivity contribution in [2.75, 3.05) is 7.05 Å². The third-order valence-electron chi connectivity index (χ3n) is 3.59. The van der Waals surface area contributed by atoms with Crippen molar-refractivity contribution in [2.45, 2.75) is 31.7 Å². The number of hydrogen-bond donors (Lipinski definition) is 1. The SMILES string of the molecule is CNCc1nc(C2(C)CC2)sc1-c1ccccc1. The second-order valence-electron chi connectivity index (χ2n) is 5.25. The van der Waals surface area contributed by atoms with Crippen molar-refractivity contribution in [3.8, 4) is 10.4 Å². The maximum Gasteiger partial charge on any atom is 0.0994 e. The topological polar surface area (TPSA) is 24.9 Å². The first-order chi connectivity index (χ1) is 8.73. The van der Waals surface area contributed by atoms with Crippen molar-refractivity contribution < 1.29 is 0 Å². The highest BCUT2D eigenvalue weighted by Crippen LogP contribution is 2.50. The van der Waals surface area contributed by atoms with E-state index in [2.05, 4.69) is 42.6 Å². The summed E-state index contributed by atoms with van der Waals surface area (Å²) in [7, 11) is 1.98. The van der Waals surface area contributed by atoms with E-state index in [1.165, 1.54) is 34.0 Å². The molecule has 2 nitrogen and oxygen atoms in total. The number of nitrogens with zero attached hydrogens (tertiary/aromatic N) is 1. The Morgan fingerprint density at radius 3 is 2.61 bits per heavy atom. The van der Waals surface area contributed by atoms with Gasteiger partial charge in [0.05, 0.1) is 15.6 Å². The molecule has 0 spiro atoms. The van der Waals surface area contributed by atoms with E-state index < -0.39 is 0 Å². The number of benzene rings is 1. The third kappa shape index (κ3) is 2.08. The van der Waals surface area contributed by atoms with Gasteiger partial charge in [-0.2, -0.15) is 0 Å². The largest absolute Gasteiger partial charge is 0.314 e. The van der Waals surface area contributed by atoms with Crippen LogP contribution in [0.15, 0.2) is 30.3 Å². The van der Waals surface area contributed by atoms with Crippen LogP contribution in [0.2, 0.25) is 0 Å². The lowest BCUT2D eigenvalue weighted by Gasteiger charge is -2.00. The summed E-state index contributed by atoms with van der Waals surface area (Å²) >= 11 is 1.87. The first-order valence-electron chi connectivity index (χ1n) is 6.43. The number of rotatable bonds is 4. The molecule has 1 N–H and O–H groups in total. The van der Waals surface area contributed by atoms with Crippen LogP contribution in [0, 0.1) is 0 Å². The van der Waals surface area contributed by atoms with Crippen molar-refractivity contribution in [2.24, 2.45) is 0 Å². The van der Waals surface area contributed by atoms with Crippen LogP contribution in [0.25, 0.3) is 10.4 Å². The van der Waals surface area contributed by atoms with Crippen LogP contribution in [-0.2, 0) is 12.0 Å². The molecule has 0 saturated heterocycles. The number of thiazole rings is 1. The van der Waals surface area contributed by atoms with Crippen molar-refractivity contribution >= 4 is 11.3 Å². The molecule has 1 aromatic carbocycles. The average molecular weight is 258 g/mol. The normalized spacial score (nSPS) is 16.8. The molecule has 1 aromatic heterocycles. The Kier molecular flexibility index (Phi) is 2.96. The maximum absolute atomic E-state index is 4.87. The van der Waals surface area contributed by atoms with Crippen LogP contribution in [0.3, 0.4) is 0 Å². The summed E-state index contributed by atoms with van der Waals surface area (Å²) in [5.41, 5.74) is 2.84. The zero-order valence-electron chi connectivity index (χ0n) is 10.9. The van der Waals surface area contributed by atoms with Gasteiger partial charge in [0.2, 0.25) is 0 Å². The van der Waals surface area contributed by atoms with Gasteiger partial charge in [0.1, 0.15) is 0 Å². The zero-order valence-corrected chi connectivity index (χ0v) is 11.7. The molecule has 0 aliphatic heterocycles. The van der Waals surface area contributed by atoms with E-state index in [1.807, 2.05) is 18.4 Å². The molecule has 0 atom stereocenters. The number of nitrogens with one attached hydrogen (secondary N) is 1. The standard InChI is InChI=1S/C15H18N2S/c1-15(8-9-15)14-17-12(10-16-2)13(18-14)11-6-4-3-5-7-11/h3-7,16H,8-10H2,1-2H3. The first-order valence-corrected chi connectivity index (χ1v) is 7.25. The fraction of sp³-hybridized carbons (Fsp3) is 0.400. The van der Waals surface area contributed by atoms with E-state index in [9.17, 15) is 0 Å². The van der Waals surface area contributed by atoms with E-state index >= 15 is 0 Å². The summed E-state index contributed by atoms with van der Waals surface area (Å²) in [6, 6.07) is 10.6. The van der Waals surface area contributed by atoms with Gasteiger partial charge in [-0.1, -0.05) is 37.3 Å². The van der Waals surface area contributed by atoms with E-state index in [-0.39, 0.29) is 0 Å². The van der Waals surface area contributed by atoms with Gasteiger partial charge in [0.25, 0.3) is 0 Å². The van der Waals surface area contributed by atoms with Crippen LogP contribution < -0.4 is 5.32 Å². The predicted molar refractivity (Wildman–Crippen MR) is 76.9 cm³/mol. The summed E-state index contributed by atoms with van der Waals surface area (Å²) in [5.74, 6) is 0. The van der Waals surface area contributed by atoms with Crippen LogP contribution in [0.5, 0.6) is 0 Å². The van der Waals surface area contributed by atoms with Gasteiger partial charge in [-0.15, -0.1) is 11.3 Å². The number of aromatic nitrogens is 1. The Labute approximate surface area is 112 Å². The minimum Gasteiger partial charge on any atom is -0.314 e. The van der Waals surface area contributed by atoms with Crippen molar-refractivity contribution in [3.63, 3.8) is 0 Å². The molecule has 0 bridgehead atoms. The quantitative estimate of drug-likeness (QED) is 0.906. The van der Waals surface area contributed by atoms with Crippen molar-refractivity contribution in [3.05, 3.63) is 41.0 Å². The highest BCUT2D eigenvalue weighted by Gasteiger charge is 2.42. The summed E-state index contributed by atoms with van der Waals surface area (Å²) in [5, 5.41) is 4.54. The van der Waals surface area contributed by atoms with Crippen LogP contribution in [-0.4, -0.2) is 12.0 Å². The average Bonchev–Trinajstić information content (AvgIpc) is 3.00. The summed E-state index contributed by atoms with van der Waals surface area (Å²) in [4.78, 5) is 6.19. The molecular weight excluding hydrogens is 240 g/mol. The van der Waals surface area contributed by atoms with Gasteiger partial charge in [-0.25, -0.2) is 4.98 Å². The molecule has 1 fully saturated rings. The van der Waals surface area contributed by atoms with Crippen LogP contribution in [0.4, 0.5) is 0 Å². The Bertz CT molecular complexity index is 541. The first kappa shape index (κ1) is 11.9. The summed E-state index contributed by atoms with van der Waals surface area (Å²) in [6.45, 7) is 3.17. The molecule has 1 saturated carbocycles. The van der Waals surface area contributed by atoms with E-state index in [0.29, 0.717) is 5.41 Å². The lowest BCUT2D eigenvalue weighted by Crippen LogP contribution is -2.07. The highest BCUT2D eigenvalue weighted by molar-refractivity contribution is 7.15. The lowest BCUT2D eigenvalue weighted by molar-refractivity contribution is 0.747. The molecule has 3 heteroatoms. The van der Waals surface area contributed by atoms with Gasteiger partial charge in [0, 0.05) is 12.0 Å². The molecule has 3 rings (SSSR count). The molecular formula is C15H18N2S. The highest BCUT2D eigenvalue weighted by atomic mass is 32.1. The van der Waals surface area contributed by atoms with Crippen molar-refractivity contribution in [1.82, 2.24) is 10.3 Å². The minimum absolute atomic E-state index is 0.361. The second-order valence-corrected chi connectivity index (χ2v) is 6.25. The Hall–Kier alpha value is -1.19. The van der Waals surface area contributed by atoms with Crippen LogP contribution >= 0.6 is 11.3 Å². The number of hydrogen-bond acceptors (Lipinski definition) is 3. The summed E-state index contributed by atoms with van der Waals surface area (Å²) < 4.78 is 0. The van der Waals surface area contributed by atoms with Gasteiger partial charge in [-0.05, 0) is 25.5 Å². The van der Waals surface area contributed by atoms with Gasteiger partial charge >= 0.3 is 0 Å². The molecule has 18 heavy (non-hydrogen) atoms. The molecule has 2 aromatic rings. The predicted octanol–water partition coefficient (Wildman–Crippen LogP) is 3.58. The smallest absolute Gasteiger partial charge is 0.0994 e. The molecule has 0 amide bonds. The Morgan fingerprint density at radius 2 is 2.00 bits per heavy atom. The van der Waals surface area contributed by atoms with Gasteiger partial charge in [-0.3, -0.25) is 0 Å². The van der Waals surface area contributed by atoms with Crippen LogP contribution in [0.1, 0.15) is 30.5 Å². The fourth-order valence-electron chi connectivity index (χ4n) is 2.11. The molecule has 1 aliphatic carbocycles. The summed E-state index contributed by atoms with van der Waals surface area (Å²) in [6.07, 6.45) is 2.57.